The summed E-state index contributed by atoms with van der Waals surface area (Å²) in [4.78, 5) is 21.7. The molecule has 0 radical (unpaired) electrons. The first-order chi connectivity index (χ1) is 14.1. The van der Waals surface area contributed by atoms with Gasteiger partial charge in [-0.25, -0.2) is 4.98 Å². The topological polar surface area (TPSA) is 45.7 Å². The molecule has 0 atom stereocenters. The molecule has 0 spiro atoms. The van der Waals surface area contributed by atoms with Gasteiger partial charge in [0.1, 0.15) is 16.5 Å². The number of piperazine rings is 1. The molecule has 2 heterocycles. The molecular formula is C22H22ClN3O2S. The molecule has 1 fully saturated rings. The first-order valence-corrected chi connectivity index (χ1v) is 10.7. The van der Waals surface area contributed by atoms with Crippen LogP contribution in [0.5, 0.6) is 5.75 Å². The quantitative estimate of drug-likeness (QED) is 0.604. The lowest BCUT2D eigenvalue weighted by molar-refractivity contribution is 0.0623. The predicted molar refractivity (Wildman–Crippen MR) is 117 cm³/mol. The fraction of sp³-hybridized carbons (Fsp3) is 0.273. The average molecular weight is 428 g/mol. The van der Waals surface area contributed by atoms with Crippen molar-refractivity contribution in [2.24, 2.45) is 0 Å². The summed E-state index contributed by atoms with van der Waals surface area (Å²) < 4.78 is 5.21. The number of aromatic nitrogens is 1. The number of amides is 1. The van der Waals surface area contributed by atoms with Gasteiger partial charge >= 0.3 is 0 Å². The van der Waals surface area contributed by atoms with Gasteiger partial charge in [-0.1, -0.05) is 35.9 Å². The molecule has 0 unspecified atom stereocenters. The van der Waals surface area contributed by atoms with Crippen LogP contribution in [0.4, 0.5) is 0 Å². The smallest absolute Gasteiger partial charge is 0.273 e. The van der Waals surface area contributed by atoms with Crippen LogP contribution in [0.1, 0.15) is 16.1 Å². The molecule has 1 aliphatic heterocycles. The fourth-order valence-corrected chi connectivity index (χ4v) is 4.28. The summed E-state index contributed by atoms with van der Waals surface area (Å²) >= 11 is 7.43. The van der Waals surface area contributed by atoms with Gasteiger partial charge in [0.2, 0.25) is 0 Å². The van der Waals surface area contributed by atoms with Crippen LogP contribution in [0.25, 0.3) is 10.6 Å². The first-order valence-electron chi connectivity index (χ1n) is 9.48. The minimum atomic E-state index is 0.00515. The molecule has 0 N–H and O–H groups in total. The maximum absolute atomic E-state index is 12.9. The molecule has 150 valence electrons. The Labute approximate surface area is 179 Å². The summed E-state index contributed by atoms with van der Waals surface area (Å²) in [5, 5.41) is 3.37. The first kappa shape index (κ1) is 19.9. The Morgan fingerprint density at radius 3 is 2.41 bits per heavy atom. The van der Waals surface area contributed by atoms with E-state index in [1.807, 2.05) is 46.7 Å². The maximum atomic E-state index is 12.9. The summed E-state index contributed by atoms with van der Waals surface area (Å²) in [7, 11) is 1.67. The third kappa shape index (κ3) is 4.78. The Morgan fingerprint density at radius 1 is 1.07 bits per heavy atom. The molecule has 0 aliphatic carbocycles. The minimum absolute atomic E-state index is 0.00515. The lowest BCUT2D eigenvalue weighted by atomic mass is 10.2. The average Bonchev–Trinajstić information content (AvgIpc) is 3.25. The van der Waals surface area contributed by atoms with Crippen LogP contribution in [0, 0.1) is 0 Å². The number of carbonyl (C=O) groups excluding carboxylic acids is 1. The number of thiazole rings is 1. The van der Waals surface area contributed by atoms with Gasteiger partial charge in [0, 0.05) is 48.7 Å². The van der Waals surface area contributed by atoms with Crippen molar-refractivity contribution >= 4 is 28.8 Å². The summed E-state index contributed by atoms with van der Waals surface area (Å²) in [5.41, 5.74) is 2.74. The van der Waals surface area contributed by atoms with Gasteiger partial charge in [-0.05, 0) is 29.8 Å². The summed E-state index contributed by atoms with van der Waals surface area (Å²) in [6.07, 6.45) is 0. The maximum Gasteiger partial charge on any atom is 0.273 e. The lowest BCUT2D eigenvalue weighted by Gasteiger charge is -2.34. The van der Waals surface area contributed by atoms with Crippen LogP contribution in [0.3, 0.4) is 0 Å². The van der Waals surface area contributed by atoms with Crippen molar-refractivity contribution in [3.63, 3.8) is 0 Å². The number of hydrogen-bond donors (Lipinski definition) is 0. The Bertz CT molecular complexity index is 964. The van der Waals surface area contributed by atoms with Crippen molar-refractivity contribution in [2.45, 2.75) is 6.54 Å². The van der Waals surface area contributed by atoms with E-state index in [0.29, 0.717) is 23.8 Å². The van der Waals surface area contributed by atoms with Crippen LogP contribution >= 0.6 is 22.9 Å². The highest BCUT2D eigenvalue weighted by Crippen LogP contribution is 2.26. The van der Waals surface area contributed by atoms with Crippen LogP contribution < -0.4 is 4.74 Å². The molecule has 0 bridgehead atoms. The van der Waals surface area contributed by atoms with E-state index in [4.69, 9.17) is 16.3 Å². The van der Waals surface area contributed by atoms with E-state index >= 15 is 0 Å². The van der Waals surface area contributed by atoms with Crippen molar-refractivity contribution in [1.82, 2.24) is 14.8 Å². The Morgan fingerprint density at radius 2 is 1.76 bits per heavy atom. The van der Waals surface area contributed by atoms with Crippen LogP contribution in [0.15, 0.2) is 53.9 Å². The number of nitrogens with zero attached hydrogens (tertiary/aromatic N) is 3. The largest absolute Gasteiger partial charge is 0.497 e. The van der Waals surface area contributed by atoms with Crippen molar-refractivity contribution in [3.8, 4) is 16.3 Å². The normalized spacial score (nSPS) is 14.8. The van der Waals surface area contributed by atoms with Crippen molar-refractivity contribution < 1.29 is 9.53 Å². The molecule has 0 saturated carbocycles. The molecule has 29 heavy (non-hydrogen) atoms. The zero-order valence-corrected chi connectivity index (χ0v) is 17.7. The van der Waals surface area contributed by atoms with E-state index in [1.165, 1.54) is 16.9 Å². The highest BCUT2D eigenvalue weighted by molar-refractivity contribution is 7.13. The van der Waals surface area contributed by atoms with Crippen molar-refractivity contribution in [1.29, 1.82) is 0 Å². The van der Waals surface area contributed by atoms with Crippen molar-refractivity contribution in [2.75, 3.05) is 33.3 Å². The Balaban J connectivity index is 1.33. The second-order valence-electron chi connectivity index (χ2n) is 6.96. The Kier molecular flexibility index (Phi) is 6.13. The minimum Gasteiger partial charge on any atom is -0.497 e. The van der Waals surface area contributed by atoms with Crippen LogP contribution in [0.2, 0.25) is 5.02 Å². The summed E-state index contributed by atoms with van der Waals surface area (Å²) in [6, 6.07) is 15.7. The van der Waals surface area contributed by atoms with E-state index in [2.05, 4.69) is 22.0 Å². The number of ether oxygens (including phenoxy) is 1. The highest BCUT2D eigenvalue weighted by Gasteiger charge is 2.24. The number of methoxy groups -OCH3 is 1. The van der Waals surface area contributed by atoms with E-state index < -0.39 is 0 Å². The molecule has 1 saturated heterocycles. The third-order valence-electron chi connectivity index (χ3n) is 5.04. The number of rotatable bonds is 5. The zero-order chi connectivity index (χ0) is 20.2. The second-order valence-corrected chi connectivity index (χ2v) is 8.26. The molecule has 7 heteroatoms. The number of hydrogen-bond acceptors (Lipinski definition) is 5. The van der Waals surface area contributed by atoms with Gasteiger partial charge in [-0.15, -0.1) is 11.3 Å². The summed E-state index contributed by atoms with van der Waals surface area (Å²) in [5.74, 6) is 0.871. The van der Waals surface area contributed by atoms with Crippen LogP contribution in [-0.2, 0) is 6.54 Å². The van der Waals surface area contributed by atoms with Crippen LogP contribution in [-0.4, -0.2) is 54.0 Å². The predicted octanol–water partition coefficient (Wildman–Crippen LogP) is 4.43. The highest BCUT2D eigenvalue weighted by atomic mass is 35.5. The molecule has 1 amide bonds. The summed E-state index contributed by atoms with van der Waals surface area (Å²) in [6.45, 7) is 4.01. The standard InChI is InChI=1S/C22H22ClN3O2S/c1-28-19-8-2-16(3-9-19)14-25-10-12-26(13-11-25)22(27)20-15-29-21(24-20)17-4-6-18(23)7-5-17/h2-9,15H,10-14H2,1H3. The van der Waals surface area contributed by atoms with Gasteiger partial charge in [-0.3, -0.25) is 9.69 Å². The van der Waals surface area contributed by atoms with E-state index in [0.717, 1.165) is 36.0 Å². The molecule has 4 rings (SSSR count). The molecule has 3 aromatic rings. The monoisotopic (exact) mass is 427 g/mol. The molecule has 1 aliphatic rings. The van der Waals surface area contributed by atoms with Gasteiger partial charge in [-0.2, -0.15) is 0 Å². The zero-order valence-electron chi connectivity index (χ0n) is 16.2. The molecule has 5 nitrogen and oxygen atoms in total. The van der Waals surface area contributed by atoms with Gasteiger partial charge in [0.15, 0.2) is 0 Å². The third-order valence-corrected chi connectivity index (χ3v) is 6.18. The molecule has 2 aromatic carbocycles. The van der Waals surface area contributed by atoms with E-state index in [-0.39, 0.29) is 5.91 Å². The Hall–Kier alpha value is -2.41. The lowest BCUT2D eigenvalue weighted by Crippen LogP contribution is -2.48. The number of benzene rings is 2. The van der Waals surface area contributed by atoms with Crippen molar-refractivity contribution in [3.05, 3.63) is 70.2 Å². The van der Waals surface area contributed by atoms with Gasteiger partial charge < -0.3 is 9.64 Å². The number of carbonyl (C=O) groups is 1. The second kappa shape index (κ2) is 8.95. The van der Waals surface area contributed by atoms with Gasteiger partial charge in [0.25, 0.3) is 5.91 Å². The van der Waals surface area contributed by atoms with E-state index in [9.17, 15) is 4.79 Å². The van der Waals surface area contributed by atoms with Gasteiger partial charge in [0.05, 0.1) is 7.11 Å². The SMILES string of the molecule is COc1ccc(CN2CCN(C(=O)c3csc(-c4ccc(Cl)cc4)n3)CC2)cc1. The van der Waals surface area contributed by atoms with E-state index in [1.54, 1.807) is 7.11 Å². The fourth-order valence-electron chi connectivity index (χ4n) is 3.36. The molecular weight excluding hydrogens is 406 g/mol. The molecule has 1 aromatic heterocycles. The number of halogens is 1.